The van der Waals surface area contributed by atoms with Crippen LogP contribution in [-0.4, -0.2) is 46.0 Å². The van der Waals surface area contributed by atoms with Crippen molar-refractivity contribution >= 4 is 19.9 Å². The van der Waals surface area contributed by atoms with Crippen molar-refractivity contribution in [1.82, 2.24) is 0 Å². The van der Waals surface area contributed by atoms with E-state index in [1.165, 1.54) is 0 Å². The molecule has 0 aliphatic heterocycles. The minimum absolute atomic E-state index is 0.0383. The molecule has 170 valence electrons. The Morgan fingerprint density at radius 3 is 2.00 bits per heavy atom. The number of benzene rings is 1. The molecule has 0 amide bonds. The Kier molecular flexibility index (Phi) is 7.39. The predicted molar refractivity (Wildman–Crippen MR) is 121 cm³/mol. The van der Waals surface area contributed by atoms with E-state index in [2.05, 4.69) is 27.4 Å². The minimum atomic E-state index is -2.09. The van der Waals surface area contributed by atoms with Gasteiger partial charge in [0.1, 0.15) is 11.5 Å². The number of fused-ring (bicyclic) bond motifs is 2. The Labute approximate surface area is 186 Å². The van der Waals surface area contributed by atoms with Crippen LogP contribution in [0.4, 0.5) is 0 Å². The van der Waals surface area contributed by atoms with Crippen LogP contribution in [0, 0.1) is 11.8 Å². The van der Waals surface area contributed by atoms with Gasteiger partial charge in [0, 0.05) is 0 Å². The molecular formula is C24H34O6Si. The van der Waals surface area contributed by atoms with Gasteiger partial charge in [0.25, 0.3) is 0 Å². The second kappa shape index (κ2) is 9.67. The van der Waals surface area contributed by atoms with E-state index in [0.29, 0.717) is 24.2 Å². The van der Waals surface area contributed by atoms with Crippen molar-refractivity contribution in [2.45, 2.75) is 57.3 Å². The van der Waals surface area contributed by atoms with Gasteiger partial charge in [0.05, 0.1) is 31.2 Å². The molecule has 2 aliphatic rings. The summed E-state index contributed by atoms with van der Waals surface area (Å²) in [7, 11) is -0.481. The molecule has 0 radical (unpaired) electrons. The Morgan fingerprint density at radius 2 is 1.52 bits per heavy atom. The Hall–Kier alpha value is -1.96. The molecule has 2 saturated carbocycles. The third kappa shape index (κ3) is 4.23. The molecule has 6 nitrogen and oxygen atoms in total. The van der Waals surface area contributed by atoms with E-state index in [1.54, 1.807) is 19.2 Å². The summed E-state index contributed by atoms with van der Waals surface area (Å²) in [5.74, 6) is -0.0308. The van der Waals surface area contributed by atoms with Crippen LogP contribution in [-0.2, 0) is 18.8 Å². The minimum Gasteiger partial charge on any atom is -0.497 e. The van der Waals surface area contributed by atoms with E-state index in [9.17, 15) is 9.59 Å². The van der Waals surface area contributed by atoms with Gasteiger partial charge >= 0.3 is 0 Å². The first-order valence-electron chi connectivity index (χ1n) is 11.2. The number of Topliss-reactive ketones (excluding diaryl/α,β-unsaturated/α-hetero) is 2. The van der Waals surface area contributed by atoms with Crippen molar-refractivity contribution in [1.29, 1.82) is 0 Å². The van der Waals surface area contributed by atoms with Crippen molar-refractivity contribution < 1.29 is 28.2 Å². The summed E-state index contributed by atoms with van der Waals surface area (Å²) in [5.41, 5.74) is -0.229. The summed E-state index contributed by atoms with van der Waals surface area (Å²) in [4.78, 5) is 25.3. The summed E-state index contributed by atoms with van der Waals surface area (Å²) >= 11 is 0. The first-order chi connectivity index (χ1) is 14.9. The maximum absolute atomic E-state index is 12.7. The quantitative estimate of drug-likeness (QED) is 0.154. The molecule has 2 fully saturated rings. The van der Waals surface area contributed by atoms with Crippen LogP contribution in [0.25, 0.3) is 0 Å². The zero-order valence-electron chi connectivity index (χ0n) is 19.1. The molecule has 0 spiro atoms. The third-order valence-corrected chi connectivity index (χ3v) is 11.8. The van der Waals surface area contributed by atoms with Gasteiger partial charge in [-0.1, -0.05) is 27.4 Å². The molecule has 0 N–H and O–H groups in total. The summed E-state index contributed by atoms with van der Waals surface area (Å²) in [5, 5.41) is 0. The molecule has 0 saturated heterocycles. The second-order valence-corrected chi connectivity index (χ2v) is 13.1. The molecule has 2 bridgehead atoms. The van der Waals surface area contributed by atoms with E-state index in [4.69, 9.17) is 18.6 Å². The highest BCUT2D eigenvalue weighted by molar-refractivity contribution is 6.73. The summed E-state index contributed by atoms with van der Waals surface area (Å²) in [6.45, 7) is 10.9. The lowest BCUT2D eigenvalue weighted by Crippen LogP contribution is -2.52. The predicted octanol–water partition coefficient (Wildman–Crippen LogP) is 4.54. The van der Waals surface area contributed by atoms with Gasteiger partial charge < -0.3 is 18.6 Å². The number of methoxy groups -OCH3 is 1. The van der Waals surface area contributed by atoms with Crippen molar-refractivity contribution in [3.05, 3.63) is 36.4 Å². The van der Waals surface area contributed by atoms with Crippen LogP contribution >= 0.6 is 0 Å². The van der Waals surface area contributed by atoms with Gasteiger partial charge in [-0.25, -0.2) is 0 Å². The standard InChI is InChI=1S/C24H34O6Si/c1-6-31(7-2,8-3)30-24(20-13-14-21(24)23(26)22(20)25)17(4)15-28-16-29-19-11-9-18(27-5)10-12-19/h9-12,20-21H,4,6-8,13-16H2,1-3,5H3/t20-,21+,24?. The number of hydrogen-bond donors (Lipinski definition) is 0. The van der Waals surface area contributed by atoms with Crippen molar-refractivity contribution in [2.75, 3.05) is 20.5 Å². The molecule has 2 aliphatic carbocycles. The van der Waals surface area contributed by atoms with Gasteiger partial charge in [-0.3, -0.25) is 9.59 Å². The van der Waals surface area contributed by atoms with E-state index >= 15 is 0 Å². The topological polar surface area (TPSA) is 71.1 Å². The van der Waals surface area contributed by atoms with E-state index < -0.39 is 25.8 Å². The molecule has 7 heteroatoms. The number of ketones is 2. The fourth-order valence-electron chi connectivity index (χ4n) is 5.09. The van der Waals surface area contributed by atoms with E-state index in [-0.39, 0.29) is 25.0 Å². The number of carbonyl (C=O) groups is 2. The summed E-state index contributed by atoms with van der Waals surface area (Å²) < 4.78 is 23.5. The fraction of sp³-hybridized carbons (Fsp3) is 0.583. The Bertz CT molecular complexity index is 784. The molecule has 3 rings (SSSR count). The number of rotatable bonds is 12. The van der Waals surface area contributed by atoms with Crippen molar-refractivity contribution in [3.63, 3.8) is 0 Å². The fourth-order valence-corrected chi connectivity index (χ4v) is 8.17. The van der Waals surface area contributed by atoms with Crippen LogP contribution < -0.4 is 9.47 Å². The molecule has 31 heavy (non-hydrogen) atoms. The van der Waals surface area contributed by atoms with Gasteiger partial charge in [0.2, 0.25) is 11.6 Å². The van der Waals surface area contributed by atoms with Crippen LogP contribution in [0.3, 0.4) is 0 Å². The van der Waals surface area contributed by atoms with E-state index in [0.717, 1.165) is 23.9 Å². The average Bonchev–Trinajstić information content (AvgIpc) is 3.27. The molecule has 0 heterocycles. The smallest absolute Gasteiger partial charge is 0.205 e. The largest absolute Gasteiger partial charge is 0.497 e. The molecule has 1 aromatic carbocycles. The van der Waals surface area contributed by atoms with Crippen LogP contribution in [0.1, 0.15) is 33.6 Å². The van der Waals surface area contributed by atoms with Gasteiger partial charge in [0.15, 0.2) is 15.1 Å². The highest BCUT2D eigenvalue weighted by atomic mass is 28.4. The lowest BCUT2D eigenvalue weighted by Gasteiger charge is -2.43. The lowest BCUT2D eigenvalue weighted by atomic mass is 9.84. The van der Waals surface area contributed by atoms with Crippen LogP contribution in [0.2, 0.25) is 18.1 Å². The van der Waals surface area contributed by atoms with Crippen molar-refractivity contribution in [3.8, 4) is 11.5 Å². The number of ether oxygens (including phenoxy) is 3. The second-order valence-electron chi connectivity index (χ2n) is 8.44. The van der Waals surface area contributed by atoms with Crippen LogP contribution in [0.5, 0.6) is 11.5 Å². The normalized spacial score (nSPS) is 25.2. The molecular weight excluding hydrogens is 412 g/mol. The SMILES string of the molecule is C=C(COCOc1ccc(OC)cc1)C1(O[Si](CC)(CC)CC)[C@@H]2CC[C@H]1C(=O)C2=O. The lowest BCUT2D eigenvalue weighted by molar-refractivity contribution is -0.138. The highest BCUT2D eigenvalue weighted by Crippen LogP contribution is 2.55. The third-order valence-electron chi connectivity index (χ3n) is 7.17. The maximum atomic E-state index is 12.7. The van der Waals surface area contributed by atoms with Gasteiger partial charge in [-0.15, -0.1) is 0 Å². The zero-order chi connectivity index (χ0) is 22.6. The maximum Gasteiger partial charge on any atom is 0.205 e. The molecule has 1 aromatic rings. The Morgan fingerprint density at radius 1 is 1.00 bits per heavy atom. The van der Waals surface area contributed by atoms with Crippen LogP contribution in [0.15, 0.2) is 36.4 Å². The van der Waals surface area contributed by atoms with E-state index in [1.807, 2.05) is 12.1 Å². The van der Waals surface area contributed by atoms with Gasteiger partial charge in [-0.05, 0) is 60.8 Å². The first kappa shape index (κ1) is 23.7. The number of hydrogen-bond acceptors (Lipinski definition) is 6. The molecule has 3 atom stereocenters. The highest BCUT2D eigenvalue weighted by Gasteiger charge is 2.67. The first-order valence-corrected chi connectivity index (χ1v) is 13.7. The molecule has 1 unspecified atom stereocenters. The number of carbonyl (C=O) groups excluding carboxylic acids is 2. The summed E-state index contributed by atoms with van der Waals surface area (Å²) in [6.07, 6.45) is 1.36. The summed E-state index contributed by atoms with van der Waals surface area (Å²) in [6, 6.07) is 10.1. The van der Waals surface area contributed by atoms with Gasteiger partial charge in [-0.2, -0.15) is 0 Å². The van der Waals surface area contributed by atoms with Crippen molar-refractivity contribution in [2.24, 2.45) is 11.8 Å². The average molecular weight is 447 g/mol. The monoisotopic (exact) mass is 446 g/mol. The molecule has 0 aromatic heterocycles. The zero-order valence-corrected chi connectivity index (χ0v) is 20.1. The Balaban J connectivity index is 1.72.